The van der Waals surface area contributed by atoms with Crippen molar-refractivity contribution in [3.63, 3.8) is 0 Å². The predicted octanol–water partition coefficient (Wildman–Crippen LogP) is 4.77. The van der Waals surface area contributed by atoms with E-state index >= 15 is 0 Å². The van der Waals surface area contributed by atoms with E-state index in [2.05, 4.69) is 15.2 Å². The molecule has 0 radical (unpaired) electrons. The lowest BCUT2D eigenvalue weighted by Crippen LogP contribution is -1.97. The summed E-state index contributed by atoms with van der Waals surface area (Å²) >= 11 is 7.73. The van der Waals surface area contributed by atoms with Gasteiger partial charge in [-0.2, -0.15) is 5.10 Å². The zero-order chi connectivity index (χ0) is 19.4. The van der Waals surface area contributed by atoms with Crippen LogP contribution in [0.15, 0.2) is 35.3 Å². The number of hydrogen-bond acceptors (Lipinski definition) is 6. The minimum atomic E-state index is 0.504. The zero-order valence-corrected chi connectivity index (χ0v) is 17.1. The minimum Gasteiger partial charge on any atom is -0.456 e. The van der Waals surface area contributed by atoms with Crippen molar-refractivity contribution in [2.75, 3.05) is 0 Å². The molecule has 5 aromatic heterocycles. The van der Waals surface area contributed by atoms with Crippen molar-refractivity contribution < 1.29 is 4.42 Å². The van der Waals surface area contributed by atoms with Gasteiger partial charge >= 0.3 is 0 Å². The molecule has 0 bridgehead atoms. The third-order valence-electron chi connectivity index (χ3n) is 5.34. The molecule has 0 spiro atoms. The summed E-state index contributed by atoms with van der Waals surface area (Å²) < 4.78 is 9.48. The van der Waals surface area contributed by atoms with Crippen LogP contribution in [0.5, 0.6) is 0 Å². The largest absolute Gasteiger partial charge is 0.456 e. The Kier molecular flexibility index (Phi) is 3.95. The normalized spacial score (nSPS) is 14.5. The van der Waals surface area contributed by atoms with E-state index < -0.39 is 0 Å². The number of nitrogens with zero attached hydrogens (tertiary/aromatic N) is 6. The molecule has 1 aliphatic rings. The summed E-state index contributed by atoms with van der Waals surface area (Å²) in [6.07, 6.45) is 11.1. The van der Waals surface area contributed by atoms with Gasteiger partial charge in [0.25, 0.3) is 0 Å². The maximum absolute atomic E-state index is 5.98. The Balaban J connectivity index is 1.41. The van der Waals surface area contributed by atoms with Crippen LogP contribution in [-0.4, -0.2) is 29.4 Å². The van der Waals surface area contributed by atoms with E-state index in [0.29, 0.717) is 23.2 Å². The Morgan fingerprint density at radius 1 is 1.17 bits per heavy atom. The Hall–Kier alpha value is -2.71. The van der Waals surface area contributed by atoms with Gasteiger partial charge in [-0.15, -0.1) is 16.4 Å². The van der Waals surface area contributed by atoms with Crippen molar-refractivity contribution >= 4 is 38.8 Å². The first kappa shape index (κ1) is 17.2. The zero-order valence-electron chi connectivity index (χ0n) is 15.5. The van der Waals surface area contributed by atoms with Crippen LogP contribution in [0.2, 0.25) is 5.02 Å². The lowest BCUT2D eigenvalue weighted by Gasteiger charge is -1.98. The van der Waals surface area contributed by atoms with Gasteiger partial charge in [-0.05, 0) is 43.4 Å². The summed E-state index contributed by atoms with van der Waals surface area (Å²) in [6.45, 7) is 0.504. The number of furan rings is 1. The van der Waals surface area contributed by atoms with E-state index in [1.807, 2.05) is 12.1 Å². The van der Waals surface area contributed by atoms with Gasteiger partial charge in [-0.1, -0.05) is 18.0 Å². The average Bonchev–Trinajstić information content (AvgIpc) is 3.46. The van der Waals surface area contributed by atoms with Crippen molar-refractivity contribution in [3.05, 3.63) is 52.1 Å². The van der Waals surface area contributed by atoms with E-state index in [-0.39, 0.29) is 0 Å². The molecule has 0 saturated carbocycles. The fraction of sp³-hybridized carbons (Fsp3) is 0.300. The first-order valence-corrected chi connectivity index (χ1v) is 10.9. The fourth-order valence-corrected chi connectivity index (χ4v) is 5.38. The van der Waals surface area contributed by atoms with Crippen molar-refractivity contribution in [2.45, 2.75) is 38.6 Å². The molecule has 0 amide bonds. The smallest absolute Gasteiger partial charge is 0.217 e. The van der Waals surface area contributed by atoms with Gasteiger partial charge in [0, 0.05) is 11.1 Å². The molecule has 5 aromatic rings. The molecular formula is C20H17ClN6OS. The van der Waals surface area contributed by atoms with Gasteiger partial charge in [0.05, 0.1) is 23.2 Å². The molecule has 0 aromatic carbocycles. The summed E-state index contributed by atoms with van der Waals surface area (Å²) in [7, 11) is 0. The number of aromatic nitrogens is 6. The first-order valence-electron chi connectivity index (χ1n) is 9.67. The van der Waals surface area contributed by atoms with Crippen LogP contribution in [0.3, 0.4) is 0 Å². The Morgan fingerprint density at radius 3 is 3.00 bits per heavy atom. The third kappa shape index (κ3) is 2.94. The second-order valence-corrected chi connectivity index (χ2v) is 8.83. The molecule has 0 unspecified atom stereocenters. The summed E-state index contributed by atoms with van der Waals surface area (Å²) in [5.41, 5.74) is 2.27. The molecular weight excluding hydrogens is 408 g/mol. The second kappa shape index (κ2) is 6.67. The first-order chi connectivity index (χ1) is 14.2. The summed E-state index contributed by atoms with van der Waals surface area (Å²) in [6, 6.07) is 3.81. The number of rotatable bonds is 3. The Morgan fingerprint density at radius 2 is 2.10 bits per heavy atom. The molecule has 0 N–H and O–H groups in total. The molecule has 29 heavy (non-hydrogen) atoms. The highest BCUT2D eigenvalue weighted by atomic mass is 35.5. The van der Waals surface area contributed by atoms with Gasteiger partial charge in [0.2, 0.25) is 5.82 Å². The van der Waals surface area contributed by atoms with Crippen molar-refractivity contribution in [3.8, 4) is 11.6 Å². The molecule has 6 rings (SSSR count). The van der Waals surface area contributed by atoms with Crippen LogP contribution >= 0.6 is 22.9 Å². The van der Waals surface area contributed by atoms with Gasteiger partial charge in [0.1, 0.15) is 16.9 Å². The quantitative estimate of drug-likeness (QED) is 0.390. The third-order valence-corrected chi connectivity index (χ3v) is 6.74. The molecule has 5 heterocycles. The average molecular weight is 425 g/mol. The van der Waals surface area contributed by atoms with Crippen molar-refractivity contribution in [2.24, 2.45) is 0 Å². The van der Waals surface area contributed by atoms with E-state index in [1.54, 1.807) is 39.3 Å². The molecule has 0 atom stereocenters. The summed E-state index contributed by atoms with van der Waals surface area (Å²) in [5, 5.41) is 10.6. The molecule has 0 aliphatic heterocycles. The Labute approximate surface area is 175 Å². The predicted molar refractivity (Wildman–Crippen MR) is 111 cm³/mol. The van der Waals surface area contributed by atoms with Gasteiger partial charge in [-0.25, -0.2) is 14.5 Å². The molecule has 0 fully saturated rings. The SMILES string of the molecule is Clc1cnn(Cc2ccc(-c3nc4c5c6c(sc5ncn4n3)CCCCC6)o2)c1. The number of thiophene rings is 1. The molecule has 1 aliphatic carbocycles. The lowest BCUT2D eigenvalue weighted by molar-refractivity contribution is 0.487. The van der Waals surface area contributed by atoms with Crippen LogP contribution in [0.1, 0.15) is 35.5 Å². The van der Waals surface area contributed by atoms with Gasteiger partial charge in [-0.3, -0.25) is 4.68 Å². The van der Waals surface area contributed by atoms with Crippen molar-refractivity contribution in [1.82, 2.24) is 29.4 Å². The van der Waals surface area contributed by atoms with Gasteiger partial charge in [0.15, 0.2) is 11.4 Å². The van der Waals surface area contributed by atoms with Crippen LogP contribution < -0.4 is 0 Å². The number of halogens is 1. The van der Waals surface area contributed by atoms with E-state index in [9.17, 15) is 0 Å². The highest BCUT2D eigenvalue weighted by Crippen LogP contribution is 2.36. The van der Waals surface area contributed by atoms with E-state index in [4.69, 9.17) is 21.0 Å². The maximum atomic E-state index is 5.98. The van der Waals surface area contributed by atoms with Crippen LogP contribution in [-0.2, 0) is 19.4 Å². The number of fused-ring (bicyclic) bond motifs is 5. The Bertz CT molecular complexity index is 1350. The maximum Gasteiger partial charge on any atom is 0.217 e. The number of hydrogen-bond donors (Lipinski definition) is 0. The molecule has 0 saturated heterocycles. The molecule has 146 valence electrons. The minimum absolute atomic E-state index is 0.504. The van der Waals surface area contributed by atoms with Crippen molar-refractivity contribution in [1.29, 1.82) is 0 Å². The summed E-state index contributed by atoms with van der Waals surface area (Å²) in [4.78, 5) is 12.0. The second-order valence-electron chi connectivity index (χ2n) is 7.31. The highest BCUT2D eigenvalue weighted by molar-refractivity contribution is 7.19. The monoisotopic (exact) mass is 424 g/mol. The van der Waals surface area contributed by atoms with Crippen LogP contribution in [0.25, 0.3) is 27.4 Å². The highest BCUT2D eigenvalue weighted by Gasteiger charge is 2.21. The molecule has 7 nitrogen and oxygen atoms in total. The van der Waals surface area contributed by atoms with Crippen LogP contribution in [0, 0.1) is 0 Å². The standard InChI is InChI=1S/C20H17ClN6OS/c21-12-8-23-26(9-12)10-13-6-7-15(28-13)18-24-19-17-14-4-2-1-3-5-16(14)29-20(17)22-11-27(19)25-18/h6-9,11H,1-5,10H2. The number of aryl methyl sites for hydroxylation is 2. The topological polar surface area (TPSA) is 74.0 Å². The van der Waals surface area contributed by atoms with Gasteiger partial charge < -0.3 is 4.42 Å². The van der Waals surface area contributed by atoms with E-state index in [1.165, 1.54) is 29.7 Å². The molecule has 9 heteroatoms. The summed E-state index contributed by atoms with van der Waals surface area (Å²) in [5.74, 6) is 1.97. The lowest BCUT2D eigenvalue weighted by atomic mass is 10.1. The van der Waals surface area contributed by atoms with E-state index in [0.717, 1.165) is 34.5 Å². The van der Waals surface area contributed by atoms with Crippen LogP contribution in [0.4, 0.5) is 0 Å². The fourth-order valence-electron chi connectivity index (χ4n) is 4.00.